The third kappa shape index (κ3) is 1.91. The van der Waals surface area contributed by atoms with Crippen molar-refractivity contribution in [2.45, 2.75) is 12.3 Å². The molecule has 0 radical (unpaired) electrons. The van der Waals surface area contributed by atoms with Gasteiger partial charge >= 0.3 is 5.97 Å². The van der Waals surface area contributed by atoms with Gasteiger partial charge in [-0.25, -0.2) is 0 Å². The molecule has 1 fully saturated rings. The predicted molar refractivity (Wildman–Crippen MR) is 57.9 cm³/mol. The zero-order valence-corrected chi connectivity index (χ0v) is 8.72. The van der Waals surface area contributed by atoms with E-state index in [-0.39, 0.29) is 11.8 Å². The summed E-state index contributed by atoms with van der Waals surface area (Å²) in [7, 11) is 0. The van der Waals surface area contributed by atoms with Crippen LogP contribution in [0.4, 0.5) is 0 Å². The number of hydrogen-bond acceptors (Lipinski definition) is 2. The lowest BCUT2D eigenvalue weighted by molar-refractivity contribution is -0.149. The number of carbonyl (C=O) groups is 2. The maximum absolute atomic E-state index is 11.5. The van der Waals surface area contributed by atoms with E-state index in [2.05, 4.69) is 5.32 Å². The number of nitrogens with one attached hydrogen (secondary N) is 1. The van der Waals surface area contributed by atoms with E-state index in [1.165, 1.54) is 0 Å². The second-order valence-corrected chi connectivity index (χ2v) is 3.91. The standard InChI is InChI=1S/C12H13NO3/c14-11-10(12(15)16)9(6-7-13-11)8-4-2-1-3-5-8/h1-5,9-10H,6-7H2,(H,13,14)(H,15,16)/t9-,10-/m1/s1. The number of carbonyl (C=O) groups excluding carboxylic acids is 1. The van der Waals surface area contributed by atoms with E-state index >= 15 is 0 Å². The Balaban J connectivity index is 2.31. The van der Waals surface area contributed by atoms with E-state index in [1.54, 1.807) is 0 Å². The van der Waals surface area contributed by atoms with Crippen LogP contribution in [0.15, 0.2) is 30.3 Å². The van der Waals surface area contributed by atoms with Gasteiger partial charge in [-0.2, -0.15) is 0 Å². The van der Waals surface area contributed by atoms with E-state index in [9.17, 15) is 9.59 Å². The summed E-state index contributed by atoms with van der Waals surface area (Å²) in [4.78, 5) is 22.6. The molecule has 1 aliphatic rings. The number of hydrogen-bond donors (Lipinski definition) is 2. The first-order valence-electron chi connectivity index (χ1n) is 5.25. The highest BCUT2D eigenvalue weighted by molar-refractivity contribution is 5.98. The maximum Gasteiger partial charge on any atom is 0.316 e. The molecule has 0 spiro atoms. The first-order valence-corrected chi connectivity index (χ1v) is 5.25. The second-order valence-electron chi connectivity index (χ2n) is 3.91. The summed E-state index contributed by atoms with van der Waals surface area (Å²) < 4.78 is 0. The summed E-state index contributed by atoms with van der Waals surface area (Å²) in [5.74, 6) is -2.61. The van der Waals surface area contributed by atoms with Gasteiger partial charge in [0.05, 0.1) is 0 Å². The average Bonchev–Trinajstić information content (AvgIpc) is 2.29. The Hall–Kier alpha value is -1.84. The molecule has 16 heavy (non-hydrogen) atoms. The Morgan fingerprint density at radius 3 is 2.62 bits per heavy atom. The molecule has 2 N–H and O–H groups in total. The van der Waals surface area contributed by atoms with Crippen LogP contribution < -0.4 is 5.32 Å². The van der Waals surface area contributed by atoms with Crippen LogP contribution in [0.25, 0.3) is 0 Å². The van der Waals surface area contributed by atoms with Crippen LogP contribution in [0.2, 0.25) is 0 Å². The Morgan fingerprint density at radius 2 is 2.00 bits per heavy atom. The Kier molecular flexibility index (Phi) is 2.90. The van der Waals surface area contributed by atoms with Gasteiger partial charge in [-0.3, -0.25) is 9.59 Å². The first kappa shape index (κ1) is 10.7. The lowest BCUT2D eigenvalue weighted by Crippen LogP contribution is -2.44. The zero-order valence-electron chi connectivity index (χ0n) is 8.72. The zero-order chi connectivity index (χ0) is 11.5. The molecular weight excluding hydrogens is 206 g/mol. The molecule has 1 aliphatic heterocycles. The van der Waals surface area contributed by atoms with Gasteiger partial charge in [0.25, 0.3) is 0 Å². The first-order chi connectivity index (χ1) is 7.70. The molecule has 1 heterocycles. The van der Waals surface area contributed by atoms with Gasteiger partial charge in [0, 0.05) is 12.5 Å². The van der Waals surface area contributed by atoms with Crippen molar-refractivity contribution in [3.63, 3.8) is 0 Å². The van der Waals surface area contributed by atoms with Gasteiger partial charge in [-0.15, -0.1) is 0 Å². The summed E-state index contributed by atoms with van der Waals surface area (Å²) in [6.07, 6.45) is 0.673. The molecule has 0 aromatic heterocycles. The highest BCUT2D eigenvalue weighted by Gasteiger charge is 2.38. The highest BCUT2D eigenvalue weighted by Crippen LogP contribution is 2.30. The predicted octanol–water partition coefficient (Wildman–Crippen LogP) is 0.991. The van der Waals surface area contributed by atoms with Crippen molar-refractivity contribution in [2.75, 3.05) is 6.54 Å². The molecular formula is C12H13NO3. The summed E-state index contributed by atoms with van der Waals surface area (Å²) in [5, 5.41) is 11.7. The molecule has 2 atom stereocenters. The molecule has 2 rings (SSSR count). The van der Waals surface area contributed by atoms with Crippen molar-refractivity contribution in [1.82, 2.24) is 5.32 Å². The van der Waals surface area contributed by atoms with E-state index in [4.69, 9.17) is 5.11 Å². The molecule has 4 heteroatoms. The molecule has 1 aromatic carbocycles. The number of carboxylic acids is 1. The largest absolute Gasteiger partial charge is 0.481 e. The van der Waals surface area contributed by atoms with Crippen LogP contribution in [-0.4, -0.2) is 23.5 Å². The summed E-state index contributed by atoms with van der Waals surface area (Å²) in [6, 6.07) is 9.35. The minimum Gasteiger partial charge on any atom is -0.481 e. The monoisotopic (exact) mass is 219 g/mol. The summed E-state index contributed by atoms with van der Waals surface area (Å²) >= 11 is 0. The number of carboxylic acid groups (broad SMARTS) is 1. The van der Waals surface area contributed by atoms with Crippen molar-refractivity contribution in [1.29, 1.82) is 0 Å². The molecule has 1 saturated heterocycles. The van der Waals surface area contributed by atoms with Crippen molar-refractivity contribution >= 4 is 11.9 Å². The average molecular weight is 219 g/mol. The van der Waals surface area contributed by atoms with Gasteiger partial charge in [0.1, 0.15) is 5.92 Å². The number of benzene rings is 1. The normalized spacial score (nSPS) is 24.9. The lowest BCUT2D eigenvalue weighted by atomic mass is 9.81. The van der Waals surface area contributed by atoms with Crippen molar-refractivity contribution in [2.24, 2.45) is 5.92 Å². The van der Waals surface area contributed by atoms with Crippen LogP contribution in [0.1, 0.15) is 17.9 Å². The molecule has 0 bridgehead atoms. The van der Waals surface area contributed by atoms with E-state index < -0.39 is 11.9 Å². The topological polar surface area (TPSA) is 66.4 Å². The van der Waals surface area contributed by atoms with Crippen molar-refractivity contribution in [3.05, 3.63) is 35.9 Å². The van der Waals surface area contributed by atoms with Gasteiger partial charge in [0.2, 0.25) is 5.91 Å². The second kappa shape index (κ2) is 4.35. The van der Waals surface area contributed by atoms with Crippen LogP contribution in [0, 0.1) is 5.92 Å². The fourth-order valence-corrected chi connectivity index (χ4v) is 2.15. The minimum atomic E-state index is -1.05. The molecule has 1 amide bonds. The highest BCUT2D eigenvalue weighted by atomic mass is 16.4. The Morgan fingerprint density at radius 1 is 1.31 bits per heavy atom. The number of rotatable bonds is 2. The molecule has 0 aliphatic carbocycles. The molecule has 84 valence electrons. The van der Waals surface area contributed by atoms with Gasteiger partial charge in [0.15, 0.2) is 0 Å². The third-order valence-electron chi connectivity index (χ3n) is 2.93. The smallest absolute Gasteiger partial charge is 0.316 e. The van der Waals surface area contributed by atoms with Gasteiger partial charge < -0.3 is 10.4 Å². The quantitative estimate of drug-likeness (QED) is 0.729. The summed E-state index contributed by atoms with van der Waals surface area (Å²) in [6.45, 7) is 0.544. The minimum absolute atomic E-state index is 0.215. The SMILES string of the molecule is O=C(O)[C@H]1C(=O)NCC[C@@H]1c1ccccc1. The molecule has 4 nitrogen and oxygen atoms in total. The van der Waals surface area contributed by atoms with E-state index in [0.717, 1.165) is 5.56 Å². The lowest BCUT2D eigenvalue weighted by Gasteiger charge is -2.28. The maximum atomic E-state index is 11.5. The van der Waals surface area contributed by atoms with Crippen LogP contribution in [0.3, 0.4) is 0 Å². The van der Waals surface area contributed by atoms with Crippen LogP contribution in [-0.2, 0) is 9.59 Å². The molecule has 0 unspecified atom stereocenters. The number of piperidine rings is 1. The van der Waals surface area contributed by atoms with Crippen LogP contribution >= 0.6 is 0 Å². The Bertz CT molecular complexity index is 402. The van der Waals surface area contributed by atoms with Gasteiger partial charge in [-0.1, -0.05) is 30.3 Å². The van der Waals surface area contributed by atoms with E-state index in [0.29, 0.717) is 13.0 Å². The number of aliphatic carboxylic acids is 1. The fraction of sp³-hybridized carbons (Fsp3) is 0.333. The van der Waals surface area contributed by atoms with Gasteiger partial charge in [-0.05, 0) is 12.0 Å². The molecule has 1 aromatic rings. The fourth-order valence-electron chi connectivity index (χ4n) is 2.15. The van der Waals surface area contributed by atoms with E-state index in [1.807, 2.05) is 30.3 Å². The Labute approximate surface area is 93.3 Å². The summed E-state index contributed by atoms with van der Waals surface area (Å²) in [5.41, 5.74) is 0.921. The van der Waals surface area contributed by atoms with Crippen molar-refractivity contribution < 1.29 is 14.7 Å². The van der Waals surface area contributed by atoms with Crippen molar-refractivity contribution in [3.8, 4) is 0 Å². The van der Waals surface area contributed by atoms with Crippen LogP contribution in [0.5, 0.6) is 0 Å². The molecule has 0 saturated carbocycles. The number of amides is 1. The third-order valence-corrected chi connectivity index (χ3v) is 2.93.